The summed E-state index contributed by atoms with van der Waals surface area (Å²) in [4.78, 5) is 16.2. The summed E-state index contributed by atoms with van der Waals surface area (Å²) in [6.07, 6.45) is 4.46. The highest BCUT2D eigenvalue weighted by molar-refractivity contribution is 5.99. The van der Waals surface area contributed by atoms with Gasteiger partial charge in [-0.2, -0.15) is 0 Å². The predicted octanol–water partition coefficient (Wildman–Crippen LogP) is 2.91. The zero-order chi connectivity index (χ0) is 17.8. The number of anilines is 3. The normalized spacial score (nSPS) is 20.1. The summed E-state index contributed by atoms with van der Waals surface area (Å²) in [6, 6.07) is 11.6. The first-order valence-electron chi connectivity index (χ1n) is 8.69. The molecule has 1 aromatic heterocycles. The van der Waals surface area contributed by atoms with Gasteiger partial charge in [-0.05, 0) is 50.1 Å². The summed E-state index contributed by atoms with van der Waals surface area (Å²) in [7, 11) is 0. The SMILES string of the molecule is Cc1cccc(Nc2cc(N[C@H]3CCCC[C@H]3N)ccc2C(N)=O)n1. The number of hydrogen-bond donors (Lipinski definition) is 4. The molecule has 1 fully saturated rings. The Bertz CT molecular complexity index is 761. The molecule has 1 saturated carbocycles. The Morgan fingerprint density at radius 2 is 2.00 bits per heavy atom. The maximum Gasteiger partial charge on any atom is 0.250 e. The van der Waals surface area contributed by atoms with Crippen LogP contribution >= 0.6 is 0 Å². The number of primary amides is 1. The number of aromatic nitrogens is 1. The maximum atomic E-state index is 11.8. The van der Waals surface area contributed by atoms with Gasteiger partial charge in [-0.3, -0.25) is 4.79 Å². The minimum atomic E-state index is -0.476. The van der Waals surface area contributed by atoms with Crippen molar-refractivity contribution in [3.05, 3.63) is 47.7 Å². The second-order valence-corrected chi connectivity index (χ2v) is 6.61. The fourth-order valence-electron chi connectivity index (χ4n) is 3.26. The molecule has 3 rings (SSSR count). The number of amides is 1. The van der Waals surface area contributed by atoms with Crippen LogP contribution in [-0.2, 0) is 0 Å². The number of aryl methyl sites for hydroxylation is 1. The third-order valence-electron chi connectivity index (χ3n) is 4.61. The quantitative estimate of drug-likeness (QED) is 0.670. The highest BCUT2D eigenvalue weighted by atomic mass is 16.1. The van der Waals surface area contributed by atoms with Crippen molar-refractivity contribution in [1.29, 1.82) is 0 Å². The molecule has 0 spiro atoms. The van der Waals surface area contributed by atoms with Crippen LogP contribution in [0.3, 0.4) is 0 Å². The van der Waals surface area contributed by atoms with Crippen LogP contribution in [-0.4, -0.2) is 23.0 Å². The number of hydrogen-bond acceptors (Lipinski definition) is 5. The second kappa shape index (κ2) is 7.53. The number of carbonyl (C=O) groups excluding carboxylic acids is 1. The number of benzene rings is 1. The smallest absolute Gasteiger partial charge is 0.250 e. The lowest BCUT2D eigenvalue weighted by Crippen LogP contribution is -2.42. The topological polar surface area (TPSA) is 106 Å². The van der Waals surface area contributed by atoms with Crippen LogP contribution < -0.4 is 22.1 Å². The Morgan fingerprint density at radius 3 is 2.72 bits per heavy atom. The van der Waals surface area contributed by atoms with Gasteiger partial charge in [0, 0.05) is 23.5 Å². The van der Waals surface area contributed by atoms with E-state index in [1.807, 2.05) is 37.3 Å². The van der Waals surface area contributed by atoms with Crippen molar-refractivity contribution < 1.29 is 4.79 Å². The molecule has 6 N–H and O–H groups in total. The van der Waals surface area contributed by atoms with Gasteiger partial charge in [0.25, 0.3) is 5.91 Å². The molecule has 2 atom stereocenters. The van der Waals surface area contributed by atoms with Crippen molar-refractivity contribution in [3.63, 3.8) is 0 Å². The van der Waals surface area contributed by atoms with Crippen LogP contribution in [0.2, 0.25) is 0 Å². The fraction of sp³-hybridized carbons (Fsp3) is 0.368. The van der Waals surface area contributed by atoms with Gasteiger partial charge in [0.2, 0.25) is 0 Å². The molecule has 0 bridgehead atoms. The van der Waals surface area contributed by atoms with E-state index in [0.29, 0.717) is 17.1 Å². The largest absolute Gasteiger partial charge is 0.381 e. The molecule has 0 radical (unpaired) electrons. The molecule has 1 aliphatic carbocycles. The lowest BCUT2D eigenvalue weighted by Gasteiger charge is -2.30. The van der Waals surface area contributed by atoms with Crippen molar-refractivity contribution in [2.24, 2.45) is 11.5 Å². The van der Waals surface area contributed by atoms with Crippen molar-refractivity contribution in [2.75, 3.05) is 10.6 Å². The summed E-state index contributed by atoms with van der Waals surface area (Å²) < 4.78 is 0. The molecular formula is C19H25N5O. The first-order chi connectivity index (χ1) is 12.0. The first kappa shape index (κ1) is 17.2. The van der Waals surface area contributed by atoms with E-state index in [2.05, 4.69) is 15.6 Å². The van der Waals surface area contributed by atoms with Crippen LogP contribution in [0.4, 0.5) is 17.2 Å². The zero-order valence-electron chi connectivity index (χ0n) is 14.5. The Morgan fingerprint density at radius 1 is 1.20 bits per heavy atom. The summed E-state index contributed by atoms with van der Waals surface area (Å²) in [5.74, 6) is 0.199. The third kappa shape index (κ3) is 4.28. The molecule has 25 heavy (non-hydrogen) atoms. The Hall–Kier alpha value is -2.60. The van der Waals surface area contributed by atoms with E-state index in [1.54, 1.807) is 6.07 Å². The van der Waals surface area contributed by atoms with Crippen LogP contribution in [0, 0.1) is 6.92 Å². The average Bonchev–Trinajstić information content (AvgIpc) is 2.57. The molecule has 132 valence electrons. The number of nitrogens with zero attached hydrogens (tertiary/aromatic N) is 1. The molecule has 0 aliphatic heterocycles. The van der Waals surface area contributed by atoms with Gasteiger partial charge >= 0.3 is 0 Å². The number of pyridine rings is 1. The lowest BCUT2D eigenvalue weighted by molar-refractivity contribution is 0.100. The minimum Gasteiger partial charge on any atom is -0.381 e. The molecule has 6 nitrogen and oxygen atoms in total. The standard InChI is InChI=1S/C19H25N5O/c1-12-5-4-8-18(22-12)24-17-11-13(9-10-14(17)19(21)25)23-16-7-3-2-6-15(16)20/h4-5,8-11,15-16,23H,2-3,6-7,20H2,1H3,(H2,21,25)(H,22,24)/t15-,16+/m1/s1. The van der Waals surface area contributed by atoms with Crippen molar-refractivity contribution in [1.82, 2.24) is 4.98 Å². The van der Waals surface area contributed by atoms with E-state index >= 15 is 0 Å². The number of carbonyl (C=O) groups is 1. The highest BCUT2D eigenvalue weighted by Crippen LogP contribution is 2.27. The highest BCUT2D eigenvalue weighted by Gasteiger charge is 2.22. The lowest BCUT2D eigenvalue weighted by atomic mass is 9.91. The van der Waals surface area contributed by atoms with Gasteiger partial charge < -0.3 is 22.1 Å². The molecule has 2 aromatic rings. The Kier molecular flexibility index (Phi) is 5.19. The van der Waals surface area contributed by atoms with Gasteiger partial charge in [-0.15, -0.1) is 0 Å². The van der Waals surface area contributed by atoms with Crippen LogP contribution in [0.25, 0.3) is 0 Å². The molecular weight excluding hydrogens is 314 g/mol. The van der Waals surface area contributed by atoms with E-state index in [9.17, 15) is 4.79 Å². The molecule has 1 amide bonds. The molecule has 6 heteroatoms. The van der Waals surface area contributed by atoms with E-state index in [4.69, 9.17) is 11.5 Å². The van der Waals surface area contributed by atoms with E-state index in [0.717, 1.165) is 24.2 Å². The molecule has 0 saturated heterocycles. The second-order valence-electron chi connectivity index (χ2n) is 6.61. The molecule has 0 unspecified atom stereocenters. The van der Waals surface area contributed by atoms with Crippen LogP contribution in [0.5, 0.6) is 0 Å². The third-order valence-corrected chi connectivity index (χ3v) is 4.61. The Balaban J connectivity index is 1.85. The van der Waals surface area contributed by atoms with E-state index < -0.39 is 5.91 Å². The molecule has 1 aromatic carbocycles. The minimum absolute atomic E-state index is 0.152. The van der Waals surface area contributed by atoms with Crippen molar-refractivity contribution in [2.45, 2.75) is 44.7 Å². The zero-order valence-corrected chi connectivity index (χ0v) is 14.5. The van der Waals surface area contributed by atoms with Crippen molar-refractivity contribution in [3.8, 4) is 0 Å². The summed E-state index contributed by atoms with van der Waals surface area (Å²) in [5.41, 5.74) is 14.6. The van der Waals surface area contributed by atoms with Gasteiger partial charge in [0.1, 0.15) is 5.82 Å². The summed E-state index contributed by atoms with van der Waals surface area (Å²) >= 11 is 0. The van der Waals surface area contributed by atoms with Crippen molar-refractivity contribution >= 4 is 23.1 Å². The maximum absolute atomic E-state index is 11.8. The average molecular weight is 339 g/mol. The number of nitrogens with one attached hydrogen (secondary N) is 2. The summed E-state index contributed by atoms with van der Waals surface area (Å²) in [6.45, 7) is 1.92. The van der Waals surface area contributed by atoms with E-state index in [-0.39, 0.29) is 12.1 Å². The van der Waals surface area contributed by atoms with Gasteiger partial charge in [-0.1, -0.05) is 18.9 Å². The van der Waals surface area contributed by atoms with Gasteiger partial charge in [0.05, 0.1) is 11.3 Å². The predicted molar refractivity (Wildman–Crippen MR) is 101 cm³/mol. The van der Waals surface area contributed by atoms with Crippen LogP contribution in [0.1, 0.15) is 41.7 Å². The Labute approximate surface area is 148 Å². The monoisotopic (exact) mass is 339 g/mol. The molecule has 1 heterocycles. The van der Waals surface area contributed by atoms with Crippen LogP contribution in [0.15, 0.2) is 36.4 Å². The number of nitrogens with two attached hydrogens (primary N) is 2. The molecule has 1 aliphatic rings. The summed E-state index contributed by atoms with van der Waals surface area (Å²) in [5, 5.41) is 6.70. The first-order valence-corrected chi connectivity index (χ1v) is 8.69. The van der Waals surface area contributed by atoms with Gasteiger partial charge in [0.15, 0.2) is 0 Å². The number of rotatable bonds is 5. The van der Waals surface area contributed by atoms with Gasteiger partial charge in [-0.25, -0.2) is 4.98 Å². The fourth-order valence-corrected chi connectivity index (χ4v) is 3.26. The van der Waals surface area contributed by atoms with E-state index in [1.165, 1.54) is 12.8 Å².